The molecule has 0 radical (unpaired) electrons. The third kappa shape index (κ3) is 3.60. The molecule has 3 rings (SSSR count). The molecule has 2 aromatic rings. The number of carbonyl (C=O) groups is 1. The third-order valence-corrected chi connectivity index (χ3v) is 4.47. The number of hydrogen-bond acceptors (Lipinski definition) is 3. The molecular weight excluding hydrogens is 290 g/mol. The van der Waals surface area contributed by atoms with E-state index in [4.69, 9.17) is 5.11 Å². The standard InChI is InChI=1S/C19H21NO3/c21-12-13-6-8-15(9-7-13)19(23)20-18(16-10-17(22)11-16)14-4-2-1-3-5-14/h1-9,16-18,21-22H,10-12H2,(H,20,23). The number of carbonyl (C=O) groups excluding carboxylic acids is 1. The molecule has 0 heterocycles. The van der Waals surface area contributed by atoms with Gasteiger partial charge in [-0.05, 0) is 42.0 Å². The van der Waals surface area contributed by atoms with Gasteiger partial charge in [0, 0.05) is 5.56 Å². The fourth-order valence-corrected chi connectivity index (χ4v) is 3.02. The lowest BCUT2D eigenvalue weighted by Gasteiger charge is -2.38. The van der Waals surface area contributed by atoms with Gasteiger partial charge in [0.2, 0.25) is 0 Å². The van der Waals surface area contributed by atoms with E-state index in [1.54, 1.807) is 24.3 Å². The van der Waals surface area contributed by atoms with Gasteiger partial charge in [-0.25, -0.2) is 0 Å². The lowest BCUT2D eigenvalue weighted by molar-refractivity contribution is 0.0235. The maximum absolute atomic E-state index is 12.5. The van der Waals surface area contributed by atoms with Crippen LogP contribution >= 0.6 is 0 Å². The summed E-state index contributed by atoms with van der Waals surface area (Å²) in [5.41, 5.74) is 2.41. The molecule has 4 nitrogen and oxygen atoms in total. The van der Waals surface area contributed by atoms with E-state index in [-0.39, 0.29) is 30.6 Å². The highest BCUT2D eigenvalue weighted by Gasteiger charge is 2.35. The Morgan fingerprint density at radius 2 is 1.74 bits per heavy atom. The molecule has 4 heteroatoms. The Labute approximate surface area is 135 Å². The van der Waals surface area contributed by atoms with E-state index in [1.165, 1.54) is 0 Å². The summed E-state index contributed by atoms with van der Waals surface area (Å²) in [5.74, 6) is 0.123. The fraction of sp³-hybridized carbons (Fsp3) is 0.316. The average Bonchev–Trinajstić information content (AvgIpc) is 2.58. The van der Waals surface area contributed by atoms with Gasteiger partial charge in [0.1, 0.15) is 0 Å². The molecule has 0 aromatic heterocycles. The van der Waals surface area contributed by atoms with Crippen LogP contribution in [0, 0.1) is 5.92 Å². The monoisotopic (exact) mass is 311 g/mol. The number of rotatable bonds is 5. The summed E-state index contributed by atoms with van der Waals surface area (Å²) in [5, 5.41) is 21.8. The van der Waals surface area contributed by atoms with Crippen LogP contribution in [0.4, 0.5) is 0 Å². The zero-order valence-electron chi connectivity index (χ0n) is 12.9. The maximum atomic E-state index is 12.5. The van der Waals surface area contributed by atoms with Gasteiger partial charge in [0.25, 0.3) is 5.91 Å². The highest BCUT2D eigenvalue weighted by molar-refractivity contribution is 5.94. The highest BCUT2D eigenvalue weighted by Crippen LogP contribution is 2.38. The van der Waals surface area contributed by atoms with E-state index in [0.29, 0.717) is 18.4 Å². The van der Waals surface area contributed by atoms with Crippen molar-refractivity contribution < 1.29 is 15.0 Å². The Balaban J connectivity index is 1.76. The van der Waals surface area contributed by atoms with Gasteiger partial charge in [0.05, 0.1) is 18.8 Å². The van der Waals surface area contributed by atoms with Gasteiger partial charge in [-0.15, -0.1) is 0 Å². The number of aliphatic hydroxyl groups excluding tert-OH is 2. The van der Waals surface area contributed by atoms with Crippen molar-refractivity contribution in [3.8, 4) is 0 Å². The highest BCUT2D eigenvalue weighted by atomic mass is 16.3. The van der Waals surface area contributed by atoms with Gasteiger partial charge in [0.15, 0.2) is 0 Å². The van der Waals surface area contributed by atoms with Crippen LogP contribution in [-0.4, -0.2) is 22.2 Å². The Kier molecular flexibility index (Phi) is 4.74. The second kappa shape index (κ2) is 6.94. The van der Waals surface area contributed by atoms with Crippen LogP contribution < -0.4 is 5.32 Å². The molecule has 1 aliphatic carbocycles. The summed E-state index contributed by atoms with van der Waals surface area (Å²) in [6, 6.07) is 16.7. The molecule has 23 heavy (non-hydrogen) atoms. The van der Waals surface area contributed by atoms with Crippen LogP contribution in [0.15, 0.2) is 54.6 Å². The van der Waals surface area contributed by atoms with E-state index < -0.39 is 0 Å². The molecule has 0 aliphatic heterocycles. The Morgan fingerprint density at radius 3 is 2.30 bits per heavy atom. The molecule has 3 N–H and O–H groups in total. The lowest BCUT2D eigenvalue weighted by atomic mass is 9.75. The van der Waals surface area contributed by atoms with Crippen LogP contribution in [0.25, 0.3) is 0 Å². The van der Waals surface area contributed by atoms with Gasteiger partial charge in [-0.1, -0.05) is 42.5 Å². The van der Waals surface area contributed by atoms with E-state index in [1.807, 2.05) is 30.3 Å². The fourth-order valence-electron chi connectivity index (χ4n) is 3.02. The van der Waals surface area contributed by atoms with Crippen molar-refractivity contribution >= 4 is 5.91 Å². The third-order valence-electron chi connectivity index (χ3n) is 4.47. The minimum atomic E-state index is -0.257. The van der Waals surface area contributed by atoms with Crippen LogP contribution in [0.2, 0.25) is 0 Å². The van der Waals surface area contributed by atoms with Crippen molar-refractivity contribution in [2.45, 2.75) is 31.6 Å². The smallest absolute Gasteiger partial charge is 0.251 e. The van der Waals surface area contributed by atoms with Crippen molar-refractivity contribution in [3.63, 3.8) is 0 Å². The van der Waals surface area contributed by atoms with Crippen molar-refractivity contribution in [2.24, 2.45) is 5.92 Å². The van der Waals surface area contributed by atoms with Crippen LogP contribution in [0.3, 0.4) is 0 Å². The van der Waals surface area contributed by atoms with Crippen molar-refractivity contribution in [1.29, 1.82) is 0 Å². The second-order valence-electron chi connectivity index (χ2n) is 6.10. The molecule has 1 amide bonds. The first-order valence-corrected chi connectivity index (χ1v) is 7.91. The first-order valence-electron chi connectivity index (χ1n) is 7.91. The summed E-state index contributed by atoms with van der Waals surface area (Å²) in [4.78, 5) is 12.5. The predicted molar refractivity (Wildman–Crippen MR) is 87.7 cm³/mol. The molecule has 1 saturated carbocycles. The second-order valence-corrected chi connectivity index (χ2v) is 6.10. The van der Waals surface area contributed by atoms with Gasteiger partial charge in [-0.2, -0.15) is 0 Å². The number of amides is 1. The average molecular weight is 311 g/mol. The zero-order chi connectivity index (χ0) is 16.2. The first kappa shape index (κ1) is 15.7. The molecule has 120 valence electrons. The summed E-state index contributed by atoms with van der Waals surface area (Å²) >= 11 is 0. The van der Waals surface area contributed by atoms with Gasteiger partial charge < -0.3 is 15.5 Å². The van der Waals surface area contributed by atoms with Crippen LogP contribution in [-0.2, 0) is 6.61 Å². The molecule has 0 bridgehead atoms. The minimum Gasteiger partial charge on any atom is -0.393 e. The largest absolute Gasteiger partial charge is 0.393 e. The molecule has 1 aliphatic rings. The minimum absolute atomic E-state index is 0.0332. The Bertz CT molecular complexity index is 648. The molecule has 1 fully saturated rings. The van der Waals surface area contributed by atoms with Crippen molar-refractivity contribution in [1.82, 2.24) is 5.32 Å². The Morgan fingerprint density at radius 1 is 1.09 bits per heavy atom. The molecule has 1 atom stereocenters. The van der Waals surface area contributed by atoms with Gasteiger partial charge >= 0.3 is 0 Å². The molecule has 1 unspecified atom stereocenters. The van der Waals surface area contributed by atoms with Crippen molar-refractivity contribution in [3.05, 3.63) is 71.3 Å². The topological polar surface area (TPSA) is 69.6 Å². The van der Waals surface area contributed by atoms with Crippen LogP contribution in [0.5, 0.6) is 0 Å². The number of hydrogen-bond donors (Lipinski definition) is 3. The summed E-state index contributed by atoms with van der Waals surface area (Å²) in [7, 11) is 0. The quantitative estimate of drug-likeness (QED) is 0.794. The van der Waals surface area contributed by atoms with Crippen molar-refractivity contribution in [2.75, 3.05) is 0 Å². The maximum Gasteiger partial charge on any atom is 0.251 e. The molecular formula is C19H21NO3. The Hall–Kier alpha value is -2.17. The normalized spacial score (nSPS) is 21.3. The summed E-state index contributed by atoms with van der Waals surface area (Å²) in [6.45, 7) is -0.0332. The number of aliphatic hydroxyl groups is 2. The molecule has 0 saturated heterocycles. The van der Waals surface area contributed by atoms with E-state index >= 15 is 0 Å². The van der Waals surface area contributed by atoms with Gasteiger partial charge in [-0.3, -0.25) is 4.79 Å². The number of nitrogens with one attached hydrogen (secondary N) is 1. The van der Waals surface area contributed by atoms with E-state index in [9.17, 15) is 9.90 Å². The van der Waals surface area contributed by atoms with E-state index in [2.05, 4.69) is 5.32 Å². The molecule has 2 aromatic carbocycles. The van der Waals surface area contributed by atoms with Crippen LogP contribution in [0.1, 0.15) is 40.4 Å². The predicted octanol–water partition coefficient (Wildman–Crippen LogP) is 2.42. The SMILES string of the molecule is O=C(NC(c1ccccc1)C1CC(O)C1)c1ccc(CO)cc1. The first-order chi connectivity index (χ1) is 11.2. The summed E-state index contributed by atoms with van der Waals surface area (Å²) in [6.07, 6.45) is 1.17. The summed E-state index contributed by atoms with van der Waals surface area (Å²) < 4.78 is 0. The zero-order valence-corrected chi connectivity index (χ0v) is 12.9. The number of benzene rings is 2. The lowest BCUT2D eigenvalue weighted by Crippen LogP contribution is -2.41. The molecule has 0 spiro atoms. The van der Waals surface area contributed by atoms with E-state index in [0.717, 1.165) is 11.1 Å².